The molecule has 0 aromatic heterocycles. The smallest absolute Gasteiger partial charge is 0.261 e. The zero-order valence-corrected chi connectivity index (χ0v) is 15.7. The van der Waals surface area contributed by atoms with Crippen molar-refractivity contribution in [2.24, 2.45) is 0 Å². The van der Waals surface area contributed by atoms with E-state index in [2.05, 4.69) is 12.2 Å². The molecule has 5 heteroatoms. The van der Waals surface area contributed by atoms with Crippen molar-refractivity contribution in [1.82, 2.24) is 5.32 Å². The minimum absolute atomic E-state index is 0.145. The third-order valence-corrected chi connectivity index (χ3v) is 4.00. The summed E-state index contributed by atoms with van der Waals surface area (Å²) in [6.45, 7) is 4.87. The molecule has 1 atom stereocenters. The van der Waals surface area contributed by atoms with Crippen LogP contribution in [0.15, 0.2) is 48.5 Å². The number of carbonyl (C=O) groups excluding carboxylic acids is 1. The number of methoxy groups -OCH3 is 1. The standard InChI is InChI=1S/C21H27NO4/c1-4-16-6-8-18(9-7-16)25-15-14-22-21(23)20(5-2)26-19-12-10-17(24-3)11-13-19/h6-13,20H,4-5,14-15H2,1-3H3,(H,22,23)/t20-/m0/s1. The molecule has 0 heterocycles. The van der Waals surface area contributed by atoms with Crippen LogP contribution in [-0.4, -0.2) is 32.3 Å². The van der Waals surface area contributed by atoms with Gasteiger partial charge in [0.25, 0.3) is 5.91 Å². The first-order valence-electron chi connectivity index (χ1n) is 8.96. The fraction of sp³-hybridized carbons (Fsp3) is 0.381. The molecule has 0 bridgehead atoms. The number of hydrogen-bond donors (Lipinski definition) is 1. The molecule has 0 fully saturated rings. The summed E-state index contributed by atoms with van der Waals surface area (Å²) in [5.74, 6) is 2.05. The second-order valence-electron chi connectivity index (χ2n) is 5.83. The van der Waals surface area contributed by atoms with Crippen LogP contribution in [0.3, 0.4) is 0 Å². The van der Waals surface area contributed by atoms with Crippen molar-refractivity contribution in [1.29, 1.82) is 0 Å². The molecule has 0 radical (unpaired) electrons. The van der Waals surface area contributed by atoms with E-state index in [1.54, 1.807) is 31.4 Å². The number of carbonyl (C=O) groups is 1. The Morgan fingerprint density at radius 3 is 2.15 bits per heavy atom. The summed E-state index contributed by atoms with van der Waals surface area (Å²) >= 11 is 0. The monoisotopic (exact) mass is 357 g/mol. The van der Waals surface area contributed by atoms with Crippen molar-refractivity contribution in [3.8, 4) is 17.2 Å². The van der Waals surface area contributed by atoms with Gasteiger partial charge in [-0.25, -0.2) is 0 Å². The van der Waals surface area contributed by atoms with Gasteiger partial charge in [-0.05, 0) is 54.8 Å². The van der Waals surface area contributed by atoms with Crippen molar-refractivity contribution in [3.63, 3.8) is 0 Å². The van der Waals surface area contributed by atoms with Crippen LogP contribution in [0.4, 0.5) is 0 Å². The van der Waals surface area contributed by atoms with Crippen LogP contribution in [0.2, 0.25) is 0 Å². The zero-order valence-electron chi connectivity index (χ0n) is 15.7. The fourth-order valence-electron chi connectivity index (χ4n) is 2.42. The van der Waals surface area contributed by atoms with Crippen LogP contribution in [-0.2, 0) is 11.2 Å². The van der Waals surface area contributed by atoms with Crippen LogP contribution >= 0.6 is 0 Å². The normalized spacial score (nSPS) is 11.5. The lowest BCUT2D eigenvalue weighted by Crippen LogP contribution is -2.39. The molecule has 26 heavy (non-hydrogen) atoms. The highest BCUT2D eigenvalue weighted by Gasteiger charge is 2.17. The minimum atomic E-state index is -0.535. The number of nitrogens with one attached hydrogen (secondary N) is 1. The molecule has 0 saturated carbocycles. The number of rotatable bonds is 10. The average molecular weight is 357 g/mol. The summed E-state index contributed by atoms with van der Waals surface area (Å²) in [7, 11) is 1.61. The fourth-order valence-corrected chi connectivity index (χ4v) is 2.42. The maximum absolute atomic E-state index is 12.3. The van der Waals surface area contributed by atoms with E-state index < -0.39 is 6.10 Å². The van der Waals surface area contributed by atoms with E-state index in [-0.39, 0.29) is 5.91 Å². The lowest BCUT2D eigenvalue weighted by molar-refractivity contribution is -0.128. The summed E-state index contributed by atoms with van der Waals surface area (Å²) in [6, 6.07) is 15.2. The van der Waals surface area contributed by atoms with Crippen LogP contribution in [0.5, 0.6) is 17.2 Å². The molecule has 1 N–H and O–H groups in total. The Labute approximate surface area is 155 Å². The van der Waals surface area contributed by atoms with Gasteiger partial charge in [0, 0.05) is 0 Å². The van der Waals surface area contributed by atoms with Crippen LogP contribution < -0.4 is 19.5 Å². The predicted molar refractivity (Wildman–Crippen MR) is 102 cm³/mol. The number of hydrogen-bond acceptors (Lipinski definition) is 4. The van der Waals surface area contributed by atoms with Gasteiger partial charge in [-0.3, -0.25) is 4.79 Å². The van der Waals surface area contributed by atoms with Gasteiger partial charge < -0.3 is 19.5 Å². The van der Waals surface area contributed by atoms with Crippen molar-refractivity contribution < 1.29 is 19.0 Å². The van der Waals surface area contributed by atoms with Crippen molar-refractivity contribution >= 4 is 5.91 Å². The molecule has 0 aliphatic rings. The van der Waals surface area contributed by atoms with E-state index in [0.29, 0.717) is 25.3 Å². The van der Waals surface area contributed by atoms with Gasteiger partial charge in [0.05, 0.1) is 13.7 Å². The van der Waals surface area contributed by atoms with Gasteiger partial charge in [-0.15, -0.1) is 0 Å². The molecule has 1 amide bonds. The van der Waals surface area contributed by atoms with Gasteiger partial charge in [-0.2, -0.15) is 0 Å². The summed E-state index contributed by atoms with van der Waals surface area (Å²) in [5, 5.41) is 2.86. The molecule has 140 valence electrons. The summed E-state index contributed by atoms with van der Waals surface area (Å²) < 4.78 is 16.5. The van der Waals surface area contributed by atoms with E-state index in [9.17, 15) is 4.79 Å². The van der Waals surface area contributed by atoms with E-state index in [1.165, 1.54) is 5.56 Å². The highest BCUT2D eigenvalue weighted by atomic mass is 16.5. The van der Waals surface area contributed by atoms with Crippen LogP contribution in [0.25, 0.3) is 0 Å². The van der Waals surface area contributed by atoms with Gasteiger partial charge in [-0.1, -0.05) is 26.0 Å². The number of benzene rings is 2. The van der Waals surface area contributed by atoms with Gasteiger partial charge in [0.2, 0.25) is 0 Å². The Balaban J connectivity index is 1.75. The Bertz CT molecular complexity index is 667. The Morgan fingerprint density at radius 2 is 1.58 bits per heavy atom. The van der Waals surface area contributed by atoms with Crippen LogP contribution in [0.1, 0.15) is 25.8 Å². The first-order valence-corrected chi connectivity index (χ1v) is 8.96. The third-order valence-electron chi connectivity index (χ3n) is 4.00. The molecule has 0 saturated heterocycles. The first-order chi connectivity index (χ1) is 12.7. The van der Waals surface area contributed by atoms with E-state index in [0.717, 1.165) is 17.9 Å². The van der Waals surface area contributed by atoms with Gasteiger partial charge in [0.15, 0.2) is 6.10 Å². The highest BCUT2D eigenvalue weighted by molar-refractivity contribution is 5.81. The Morgan fingerprint density at radius 1 is 0.962 bits per heavy atom. The van der Waals surface area contributed by atoms with E-state index in [4.69, 9.17) is 14.2 Å². The van der Waals surface area contributed by atoms with Gasteiger partial charge >= 0.3 is 0 Å². The topological polar surface area (TPSA) is 56.8 Å². The first kappa shape index (κ1) is 19.6. The SMILES string of the molecule is CCc1ccc(OCCNC(=O)[C@H](CC)Oc2ccc(OC)cc2)cc1. The van der Waals surface area contributed by atoms with Crippen molar-refractivity contribution in [3.05, 3.63) is 54.1 Å². The largest absolute Gasteiger partial charge is 0.497 e. The molecule has 0 aliphatic carbocycles. The second-order valence-corrected chi connectivity index (χ2v) is 5.83. The number of ether oxygens (including phenoxy) is 3. The molecule has 0 spiro atoms. The number of aryl methyl sites for hydroxylation is 1. The summed E-state index contributed by atoms with van der Waals surface area (Å²) in [6.07, 6.45) is 1.05. The molecule has 0 aliphatic heterocycles. The predicted octanol–water partition coefficient (Wildman–Crippen LogP) is 3.61. The lowest BCUT2D eigenvalue weighted by atomic mass is 10.2. The highest BCUT2D eigenvalue weighted by Crippen LogP contribution is 2.19. The minimum Gasteiger partial charge on any atom is -0.497 e. The van der Waals surface area contributed by atoms with Crippen molar-refractivity contribution in [2.75, 3.05) is 20.3 Å². The summed E-state index contributed by atoms with van der Waals surface area (Å²) in [5.41, 5.74) is 1.27. The molecule has 0 unspecified atom stereocenters. The zero-order chi connectivity index (χ0) is 18.8. The van der Waals surface area contributed by atoms with E-state index >= 15 is 0 Å². The number of amides is 1. The van der Waals surface area contributed by atoms with Crippen LogP contribution in [0, 0.1) is 0 Å². The molecule has 2 aromatic rings. The molecule has 2 aromatic carbocycles. The third kappa shape index (κ3) is 5.99. The molecular formula is C21H27NO4. The van der Waals surface area contributed by atoms with E-state index in [1.807, 2.05) is 31.2 Å². The average Bonchev–Trinajstić information content (AvgIpc) is 2.70. The lowest BCUT2D eigenvalue weighted by Gasteiger charge is -2.17. The van der Waals surface area contributed by atoms with Gasteiger partial charge in [0.1, 0.15) is 23.9 Å². The summed E-state index contributed by atoms with van der Waals surface area (Å²) in [4.78, 5) is 12.3. The molecular weight excluding hydrogens is 330 g/mol. The maximum Gasteiger partial charge on any atom is 0.261 e. The second kappa shape index (κ2) is 10.3. The van der Waals surface area contributed by atoms with Crippen molar-refractivity contribution in [2.45, 2.75) is 32.8 Å². The Hall–Kier alpha value is -2.69. The quantitative estimate of drug-likeness (QED) is 0.660. The molecule has 2 rings (SSSR count). The molecule has 5 nitrogen and oxygen atoms in total. The maximum atomic E-state index is 12.3. The Kier molecular flexibility index (Phi) is 7.80.